The van der Waals surface area contributed by atoms with Gasteiger partial charge >= 0.3 is 0 Å². The molecule has 0 amide bonds. The van der Waals surface area contributed by atoms with Crippen LogP contribution in [0.5, 0.6) is 0 Å². The molecular formula is C9H10N6. The number of tetrazole rings is 1. The number of hydrogen-bond donors (Lipinski definition) is 0. The molecule has 0 aliphatic heterocycles. The Morgan fingerprint density at radius 3 is 2.80 bits per heavy atom. The highest BCUT2D eigenvalue weighted by atomic mass is 15.5. The first-order valence-corrected chi connectivity index (χ1v) is 4.51. The maximum absolute atomic E-state index is 4.07. The van der Waals surface area contributed by atoms with Crippen LogP contribution in [0.25, 0.3) is 11.9 Å². The lowest BCUT2D eigenvalue weighted by atomic mass is 10.2. The molecule has 0 aliphatic rings. The van der Waals surface area contributed by atoms with Crippen molar-refractivity contribution in [2.75, 3.05) is 0 Å². The number of allylic oxidation sites excluding steroid dienone is 1. The third-order valence-electron chi connectivity index (χ3n) is 1.92. The monoisotopic (exact) mass is 202 g/mol. The summed E-state index contributed by atoms with van der Waals surface area (Å²) in [4.78, 5) is 0. The van der Waals surface area contributed by atoms with Gasteiger partial charge in [0, 0.05) is 0 Å². The number of aryl methyl sites for hydroxylation is 1. The summed E-state index contributed by atoms with van der Waals surface area (Å²) in [6.07, 6.45) is 5.32. The Morgan fingerprint density at radius 2 is 2.20 bits per heavy atom. The Balaban J connectivity index is 2.42. The van der Waals surface area contributed by atoms with E-state index >= 15 is 0 Å². The van der Waals surface area contributed by atoms with Gasteiger partial charge in [-0.25, -0.2) is 0 Å². The zero-order chi connectivity index (χ0) is 10.7. The summed E-state index contributed by atoms with van der Waals surface area (Å²) in [6.45, 7) is 3.91. The van der Waals surface area contributed by atoms with E-state index in [2.05, 4.69) is 25.7 Å². The van der Waals surface area contributed by atoms with Gasteiger partial charge in [0.1, 0.15) is 6.33 Å². The Bertz CT molecular complexity index is 473. The molecule has 2 aromatic rings. The van der Waals surface area contributed by atoms with Crippen LogP contribution in [0.1, 0.15) is 18.2 Å². The van der Waals surface area contributed by atoms with Gasteiger partial charge in [0.15, 0.2) is 5.82 Å². The minimum absolute atomic E-state index is 0.616. The van der Waals surface area contributed by atoms with Gasteiger partial charge in [-0.1, -0.05) is 6.08 Å². The molecule has 0 saturated carbocycles. The first-order valence-electron chi connectivity index (χ1n) is 4.51. The number of aromatic nitrogens is 6. The molecule has 0 aromatic carbocycles. The summed E-state index contributed by atoms with van der Waals surface area (Å²) in [5.74, 6) is 0.616. The van der Waals surface area contributed by atoms with Crippen molar-refractivity contribution in [3.8, 4) is 5.82 Å². The second kappa shape index (κ2) is 3.95. The van der Waals surface area contributed by atoms with Gasteiger partial charge in [0.2, 0.25) is 0 Å². The molecule has 2 aromatic heterocycles. The van der Waals surface area contributed by atoms with E-state index in [-0.39, 0.29) is 0 Å². The topological polar surface area (TPSA) is 69.4 Å². The van der Waals surface area contributed by atoms with E-state index in [1.54, 1.807) is 0 Å². The van der Waals surface area contributed by atoms with E-state index in [4.69, 9.17) is 0 Å². The second-order valence-corrected chi connectivity index (χ2v) is 3.03. The van der Waals surface area contributed by atoms with E-state index in [1.165, 1.54) is 11.0 Å². The van der Waals surface area contributed by atoms with Crippen LogP contribution in [-0.4, -0.2) is 30.4 Å². The Labute approximate surface area is 86.6 Å². The molecule has 0 radical (unpaired) electrons. The Kier molecular flexibility index (Phi) is 2.49. The summed E-state index contributed by atoms with van der Waals surface area (Å²) < 4.78 is 1.47. The van der Waals surface area contributed by atoms with Gasteiger partial charge in [0.05, 0.1) is 5.69 Å². The average molecular weight is 202 g/mol. The molecular weight excluding hydrogens is 192 g/mol. The van der Waals surface area contributed by atoms with Crippen molar-refractivity contribution < 1.29 is 0 Å². The zero-order valence-corrected chi connectivity index (χ0v) is 8.49. The molecule has 0 N–H and O–H groups in total. The van der Waals surface area contributed by atoms with Crippen molar-refractivity contribution in [2.24, 2.45) is 0 Å². The third kappa shape index (κ3) is 1.88. The summed E-state index contributed by atoms with van der Waals surface area (Å²) in [5, 5.41) is 18.9. The molecule has 0 spiro atoms. The van der Waals surface area contributed by atoms with E-state index in [0.29, 0.717) is 5.82 Å². The minimum Gasteiger partial charge on any atom is -0.180 e. The van der Waals surface area contributed by atoms with Crippen LogP contribution >= 0.6 is 0 Å². The molecule has 0 saturated heterocycles. The number of rotatable bonds is 2. The highest BCUT2D eigenvalue weighted by molar-refractivity contribution is 5.49. The maximum Gasteiger partial charge on any atom is 0.179 e. The summed E-state index contributed by atoms with van der Waals surface area (Å²) >= 11 is 0. The molecule has 2 rings (SSSR count). The fourth-order valence-corrected chi connectivity index (χ4v) is 1.18. The minimum atomic E-state index is 0.616. The molecule has 2 heterocycles. The highest BCUT2D eigenvalue weighted by Gasteiger charge is 2.03. The van der Waals surface area contributed by atoms with Crippen molar-refractivity contribution >= 4 is 6.08 Å². The first kappa shape index (κ1) is 9.45. The molecule has 0 atom stereocenters. The lowest BCUT2D eigenvalue weighted by Crippen LogP contribution is -2.02. The normalized spacial score (nSPS) is 11.1. The molecule has 15 heavy (non-hydrogen) atoms. The van der Waals surface area contributed by atoms with E-state index in [0.717, 1.165) is 11.3 Å². The predicted octanol–water partition coefficient (Wildman–Crippen LogP) is 0.794. The Hall–Kier alpha value is -2.11. The molecule has 0 bridgehead atoms. The average Bonchev–Trinajstić information content (AvgIpc) is 2.74. The summed E-state index contributed by atoms with van der Waals surface area (Å²) in [6, 6.07) is 1.89. The van der Waals surface area contributed by atoms with Gasteiger partial charge < -0.3 is 0 Å². The van der Waals surface area contributed by atoms with Crippen molar-refractivity contribution in [1.29, 1.82) is 0 Å². The third-order valence-corrected chi connectivity index (χ3v) is 1.92. The summed E-state index contributed by atoms with van der Waals surface area (Å²) in [7, 11) is 0. The molecule has 76 valence electrons. The lowest BCUT2D eigenvalue weighted by Gasteiger charge is -2.01. The van der Waals surface area contributed by atoms with Crippen LogP contribution in [0.4, 0.5) is 0 Å². The van der Waals surface area contributed by atoms with Crippen molar-refractivity contribution in [3.63, 3.8) is 0 Å². The van der Waals surface area contributed by atoms with E-state index in [9.17, 15) is 0 Å². The van der Waals surface area contributed by atoms with Crippen molar-refractivity contribution in [1.82, 2.24) is 30.4 Å². The van der Waals surface area contributed by atoms with Gasteiger partial charge in [-0.15, -0.1) is 15.3 Å². The van der Waals surface area contributed by atoms with Crippen LogP contribution in [-0.2, 0) is 0 Å². The lowest BCUT2D eigenvalue weighted by molar-refractivity contribution is 0.752. The number of nitrogens with zero attached hydrogens (tertiary/aromatic N) is 6. The first-order chi connectivity index (χ1) is 7.31. The molecule has 6 nitrogen and oxygen atoms in total. The van der Waals surface area contributed by atoms with Crippen LogP contribution in [0, 0.1) is 6.92 Å². The van der Waals surface area contributed by atoms with E-state index < -0.39 is 0 Å². The van der Waals surface area contributed by atoms with Crippen molar-refractivity contribution in [2.45, 2.75) is 13.8 Å². The largest absolute Gasteiger partial charge is 0.180 e. The summed E-state index contributed by atoms with van der Waals surface area (Å²) in [5.41, 5.74) is 1.89. The van der Waals surface area contributed by atoms with E-state index in [1.807, 2.05) is 32.1 Å². The molecule has 0 fully saturated rings. The van der Waals surface area contributed by atoms with Crippen LogP contribution in [0.15, 0.2) is 18.5 Å². The van der Waals surface area contributed by atoms with Gasteiger partial charge in [-0.05, 0) is 42.0 Å². The van der Waals surface area contributed by atoms with Gasteiger partial charge in [-0.2, -0.15) is 4.68 Å². The molecule has 0 aliphatic carbocycles. The fraction of sp³-hybridized carbons (Fsp3) is 0.222. The Morgan fingerprint density at radius 1 is 1.33 bits per heavy atom. The second-order valence-electron chi connectivity index (χ2n) is 3.03. The van der Waals surface area contributed by atoms with Gasteiger partial charge in [-0.3, -0.25) is 0 Å². The molecule has 6 heteroatoms. The fourth-order valence-electron chi connectivity index (χ4n) is 1.18. The zero-order valence-electron chi connectivity index (χ0n) is 8.49. The highest BCUT2D eigenvalue weighted by Crippen LogP contribution is 2.08. The van der Waals surface area contributed by atoms with Crippen LogP contribution < -0.4 is 0 Å². The predicted molar refractivity (Wildman–Crippen MR) is 54.2 cm³/mol. The maximum atomic E-state index is 4.07. The van der Waals surface area contributed by atoms with Crippen LogP contribution in [0.2, 0.25) is 0 Å². The molecule has 0 unspecified atom stereocenters. The SMILES string of the molecule is CC=Cc1nnc(-n2cnnn2)cc1C. The smallest absolute Gasteiger partial charge is 0.179 e. The standard InChI is InChI=1S/C9H10N6/c1-3-4-8-7(2)5-9(12-11-8)15-6-10-13-14-15/h3-6H,1-2H3. The van der Waals surface area contributed by atoms with Crippen LogP contribution in [0.3, 0.4) is 0 Å². The quantitative estimate of drug-likeness (QED) is 0.720. The van der Waals surface area contributed by atoms with Crippen molar-refractivity contribution in [3.05, 3.63) is 29.7 Å². The van der Waals surface area contributed by atoms with Gasteiger partial charge in [0.25, 0.3) is 0 Å². The number of hydrogen-bond acceptors (Lipinski definition) is 5.